The van der Waals surface area contributed by atoms with Gasteiger partial charge in [0.15, 0.2) is 0 Å². The van der Waals surface area contributed by atoms with Crippen LogP contribution in [0.3, 0.4) is 0 Å². The van der Waals surface area contributed by atoms with Gasteiger partial charge in [-0.1, -0.05) is 95.8 Å². The van der Waals surface area contributed by atoms with Crippen LogP contribution >= 0.6 is 0 Å². The number of hydrogen-bond donors (Lipinski definition) is 0. The quantitative estimate of drug-likeness (QED) is 0.255. The van der Waals surface area contributed by atoms with Crippen LogP contribution < -0.4 is 33.7 Å². The van der Waals surface area contributed by atoms with E-state index in [4.69, 9.17) is 4.18 Å². The second kappa shape index (κ2) is 16.6. The van der Waals surface area contributed by atoms with Crippen LogP contribution in [0.15, 0.2) is 30.3 Å². The molecule has 27 heavy (non-hydrogen) atoms. The Kier molecular flexibility index (Phi) is 16.4. The summed E-state index contributed by atoms with van der Waals surface area (Å²) < 4.78 is 28.6. The number of rotatable bonds is 15. The summed E-state index contributed by atoms with van der Waals surface area (Å²) in [6.07, 6.45) is 14.3. The van der Waals surface area contributed by atoms with E-state index in [1.807, 2.05) is 0 Å². The van der Waals surface area contributed by atoms with E-state index in [-0.39, 0.29) is 43.2 Å². The molecule has 4 nitrogen and oxygen atoms in total. The Bertz CT molecular complexity index is 594. The number of hydrogen-bond acceptors (Lipinski definition) is 4. The first kappa shape index (κ1) is 26.6. The van der Waals surface area contributed by atoms with E-state index in [9.17, 15) is 13.2 Å². The van der Waals surface area contributed by atoms with Gasteiger partial charge in [-0.15, -0.1) is 0 Å². The second-order valence-electron chi connectivity index (χ2n) is 6.86. The molecule has 150 valence electrons. The van der Waals surface area contributed by atoms with E-state index in [2.05, 4.69) is 6.92 Å². The summed E-state index contributed by atoms with van der Waals surface area (Å²) >= 11 is 0. The molecule has 0 saturated heterocycles. The summed E-state index contributed by atoms with van der Waals surface area (Å²) in [5.74, 6) is 0.176. The third-order valence-corrected chi connectivity index (χ3v) is 5.64. The van der Waals surface area contributed by atoms with Gasteiger partial charge in [-0.3, -0.25) is 4.79 Å². The standard InChI is InChI=1S/C21H34O4S.Na.H/c1-2-3-4-5-6-7-8-9-10-11-12-16-19-21(22)26(23,24)25-20-17-14-13-15-18-20;;/h13-15,17-18H,2-12,16,19H2,1H3;;/q;+1;-1. The maximum Gasteiger partial charge on any atom is 1.00 e. The van der Waals surface area contributed by atoms with Crippen molar-refractivity contribution in [1.29, 1.82) is 0 Å². The van der Waals surface area contributed by atoms with E-state index in [1.165, 1.54) is 63.5 Å². The van der Waals surface area contributed by atoms with Crippen molar-refractivity contribution in [3.63, 3.8) is 0 Å². The maximum absolute atomic E-state index is 11.9. The van der Waals surface area contributed by atoms with Crippen molar-refractivity contribution < 1.29 is 48.4 Å². The second-order valence-corrected chi connectivity index (χ2v) is 8.39. The van der Waals surface area contributed by atoms with Gasteiger partial charge in [0.1, 0.15) is 5.75 Å². The fraction of sp³-hybridized carbons (Fsp3) is 0.667. The molecule has 0 aliphatic rings. The van der Waals surface area contributed by atoms with E-state index in [0.717, 1.165) is 19.3 Å². The number of carbonyl (C=O) groups excluding carboxylic acids is 1. The van der Waals surface area contributed by atoms with Crippen molar-refractivity contribution in [3.05, 3.63) is 30.3 Å². The molecule has 0 spiro atoms. The first-order valence-electron chi connectivity index (χ1n) is 10.1. The molecule has 0 fully saturated rings. The van der Waals surface area contributed by atoms with Gasteiger partial charge < -0.3 is 5.61 Å². The predicted octanol–water partition coefficient (Wildman–Crippen LogP) is 3.13. The zero-order valence-electron chi connectivity index (χ0n) is 18.1. The summed E-state index contributed by atoms with van der Waals surface area (Å²) in [4.78, 5) is 11.8. The van der Waals surface area contributed by atoms with Gasteiger partial charge in [0.05, 0.1) is 0 Å². The minimum atomic E-state index is -4.17. The molecule has 0 aromatic heterocycles. The number of unbranched alkanes of at least 4 members (excludes halogenated alkanes) is 11. The van der Waals surface area contributed by atoms with Gasteiger partial charge in [-0.2, -0.15) is 8.42 Å². The summed E-state index contributed by atoms with van der Waals surface area (Å²) in [6, 6.07) is 8.14. The monoisotopic (exact) mass is 406 g/mol. The third kappa shape index (κ3) is 13.4. The first-order valence-corrected chi connectivity index (χ1v) is 11.5. The largest absolute Gasteiger partial charge is 1.00 e. The van der Waals surface area contributed by atoms with Crippen molar-refractivity contribution in [1.82, 2.24) is 0 Å². The van der Waals surface area contributed by atoms with Crippen LogP contribution in [0.25, 0.3) is 0 Å². The van der Waals surface area contributed by atoms with Gasteiger partial charge in [-0.25, -0.2) is 0 Å². The van der Waals surface area contributed by atoms with Crippen LogP contribution in [0.2, 0.25) is 0 Å². The summed E-state index contributed by atoms with van der Waals surface area (Å²) in [7, 11) is -4.17. The zero-order chi connectivity index (χ0) is 19.1. The predicted molar refractivity (Wildman–Crippen MR) is 108 cm³/mol. The van der Waals surface area contributed by atoms with Crippen LogP contribution in [0.4, 0.5) is 0 Å². The van der Waals surface area contributed by atoms with Crippen LogP contribution in [0.5, 0.6) is 5.75 Å². The smallest absolute Gasteiger partial charge is 1.00 e. The molecule has 0 aliphatic carbocycles. The molecular formula is C21H35NaO4S. The molecule has 0 unspecified atom stereocenters. The topological polar surface area (TPSA) is 60.4 Å². The van der Waals surface area contributed by atoms with E-state index < -0.39 is 15.2 Å². The van der Waals surface area contributed by atoms with Gasteiger partial charge in [0.2, 0.25) is 0 Å². The fourth-order valence-corrected chi connectivity index (χ4v) is 3.74. The Balaban J connectivity index is 0. The van der Waals surface area contributed by atoms with Gasteiger partial charge in [0, 0.05) is 6.42 Å². The maximum atomic E-state index is 11.9. The van der Waals surface area contributed by atoms with Crippen LogP contribution in [-0.2, 0) is 14.9 Å². The average molecular weight is 407 g/mol. The van der Waals surface area contributed by atoms with Crippen molar-refractivity contribution in [3.8, 4) is 5.75 Å². The van der Waals surface area contributed by atoms with Crippen molar-refractivity contribution in [2.75, 3.05) is 0 Å². The molecule has 0 aliphatic heterocycles. The normalized spacial score (nSPS) is 11.0. The van der Waals surface area contributed by atoms with E-state index >= 15 is 0 Å². The Morgan fingerprint density at radius 1 is 0.815 bits per heavy atom. The van der Waals surface area contributed by atoms with Crippen LogP contribution in [0, 0.1) is 0 Å². The summed E-state index contributed by atoms with van der Waals surface area (Å²) in [5, 5.41) is -0.826. The van der Waals surface area contributed by atoms with Gasteiger partial charge >= 0.3 is 39.7 Å². The Labute approximate surface area is 189 Å². The summed E-state index contributed by atoms with van der Waals surface area (Å²) in [6.45, 7) is 2.24. The molecule has 1 aromatic rings. The molecule has 1 rings (SSSR count). The van der Waals surface area contributed by atoms with Crippen LogP contribution in [0.1, 0.15) is 91.8 Å². The van der Waals surface area contributed by atoms with Crippen molar-refractivity contribution in [2.45, 2.75) is 90.4 Å². The van der Waals surface area contributed by atoms with Gasteiger partial charge in [-0.05, 0) is 18.6 Å². The number of carbonyl (C=O) groups is 1. The van der Waals surface area contributed by atoms with E-state index in [0.29, 0.717) is 6.42 Å². The van der Waals surface area contributed by atoms with Crippen molar-refractivity contribution in [2.24, 2.45) is 0 Å². The molecule has 0 N–H and O–H groups in total. The molecule has 0 atom stereocenters. The van der Waals surface area contributed by atoms with E-state index in [1.54, 1.807) is 18.2 Å². The van der Waals surface area contributed by atoms with Crippen molar-refractivity contribution >= 4 is 15.2 Å². The first-order chi connectivity index (χ1) is 12.6. The minimum Gasteiger partial charge on any atom is -1.00 e. The van der Waals surface area contributed by atoms with Gasteiger partial charge in [0.25, 0.3) is 5.12 Å². The molecule has 6 heteroatoms. The number of benzene rings is 1. The third-order valence-electron chi connectivity index (χ3n) is 4.46. The summed E-state index contributed by atoms with van der Waals surface area (Å²) in [5.41, 5.74) is 0. The Morgan fingerprint density at radius 3 is 1.74 bits per heavy atom. The minimum absolute atomic E-state index is 0. The Hall–Kier alpha value is -0.360. The molecule has 0 heterocycles. The molecule has 0 saturated carbocycles. The molecule has 0 amide bonds. The average Bonchev–Trinajstić information content (AvgIpc) is 2.63. The molecule has 0 bridgehead atoms. The fourth-order valence-electron chi connectivity index (χ4n) is 2.88. The number of para-hydroxylation sites is 1. The molecule has 0 radical (unpaired) electrons. The SMILES string of the molecule is CCCCCCCCCCCCCCC(=O)S(=O)(=O)Oc1ccccc1.[H-].[Na+]. The Morgan fingerprint density at radius 2 is 1.26 bits per heavy atom. The molecular weight excluding hydrogens is 371 g/mol. The van der Waals surface area contributed by atoms with Crippen LogP contribution in [-0.4, -0.2) is 13.5 Å². The zero-order valence-corrected chi connectivity index (χ0v) is 19.9. The molecule has 1 aromatic carbocycles.